The highest BCUT2D eigenvalue weighted by Gasteiger charge is 2.11. The molecule has 0 radical (unpaired) electrons. The Morgan fingerprint density at radius 2 is 1.33 bits per heavy atom. The highest BCUT2D eigenvalue weighted by molar-refractivity contribution is 5.70. The lowest BCUT2D eigenvalue weighted by Crippen LogP contribution is -2.22. The van der Waals surface area contributed by atoms with E-state index in [2.05, 4.69) is 13.8 Å². The third kappa shape index (κ3) is 14.1. The van der Waals surface area contributed by atoms with Crippen LogP contribution in [0.4, 0.5) is 0 Å². The highest BCUT2D eigenvalue weighted by Crippen LogP contribution is 2.10. The van der Waals surface area contributed by atoms with Crippen molar-refractivity contribution in [3.8, 4) is 0 Å². The molecule has 2 unspecified atom stereocenters. The van der Waals surface area contributed by atoms with E-state index < -0.39 is 0 Å². The summed E-state index contributed by atoms with van der Waals surface area (Å²) < 4.78 is 10.9. The van der Waals surface area contributed by atoms with Crippen molar-refractivity contribution in [2.24, 2.45) is 0 Å². The van der Waals surface area contributed by atoms with Crippen molar-refractivity contribution in [1.82, 2.24) is 0 Å². The molecule has 0 aliphatic rings. The minimum absolute atomic E-state index is 0.0119. The van der Waals surface area contributed by atoms with Gasteiger partial charge >= 0.3 is 5.97 Å². The zero-order valence-electron chi connectivity index (χ0n) is 14.7. The molecule has 21 heavy (non-hydrogen) atoms. The van der Waals surface area contributed by atoms with Crippen LogP contribution in [0.25, 0.3) is 0 Å². The first-order valence-electron chi connectivity index (χ1n) is 8.91. The van der Waals surface area contributed by atoms with E-state index in [-0.39, 0.29) is 24.8 Å². The number of ether oxygens (including phenoxy) is 2. The van der Waals surface area contributed by atoms with Gasteiger partial charge in [-0.1, -0.05) is 58.8 Å². The number of unbranched alkanes of at least 4 members (excludes halogenated alkanes) is 6. The number of carbonyl (C=O) groups is 1. The number of hydrogen-bond acceptors (Lipinski definition) is 3. The summed E-state index contributed by atoms with van der Waals surface area (Å²) in [5.41, 5.74) is 0. The summed E-state index contributed by atoms with van der Waals surface area (Å²) in [4.78, 5) is 11.7. The molecular weight excluding hydrogens is 264 g/mol. The first-order valence-corrected chi connectivity index (χ1v) is 8.91. The van der Waals surface area contributed by atoms with Gasteiger partial charge in [0, 0.05) is 0 Å². The van der Waals surface area contributed by atoms with Gasteiger partial charge in [-0.25, -0.2) is 4.79 Å². The standard InChI is InChI=1S/C18H36O3/c1-5-7-9-11-13-16(3)20-15-18(19)21-17(4)14-12-10-8-6-2/h16-17H,5-15H2,1-4H3. The minimum atomic E-state index is -0.224. The molecular formula is C18H36O3. The van der Waals surface area contributed by atoms with Crippen LogP contribution in [0.5, 0.6) is 0 Å². The summed E-state index contributed by atoms with van der Waals surface area (Å²) in [5, 5.41) is 0. The fourth-order valence-electron chi connectivity index (χ4n) is 2.33. The highest BCUT2D eigenvalue weighted by atomic mass is 16.6. The topological polar surface area (TPSA) is 35.5 Å². The molecule has 0 saturated heterocycles. The van der Waals surface area contributed by atoms with Crippen molar-refractivity contribution in [3.63, 3.8) is 0 Å². The lowest BCUT2D eigenvalue weighted by atomic mass is 10.1. The molecule has 0 bridgehead atoms. The molecule has 0 amide bonds. The van der Waals surface area contributed by atoms with Gasteiger partial charge in [0.15, 0.2) is 0 Å². The largest absolute Gasteiger partial charge is 0.461 e. The summed E-state index contributed by atoms with van der Waals surface area (Å²) in [6, 6.07) is 0. The zero-order valence-corrected chi connectivity index (χ0v) is 14.7. The maximum absolute atomic E-state index is 11.7. The Hall–Kier alpha value is -0.570. The van der Waals surface area contributed by atoms with Crippen LogP contribution < -0.4 is 0 Å². The SMILES string of the molecule is CCCCCCC(C)OCC(=O)OC(C)CCCCCC. The van der Waals surface area contributed by atoms with Crippen molar-refractivity contribution in [3.05, 3.63) is 0 Å². The van der Waals surface area contributed by atoms with Gasteiger partial charge in [0.25, 0.3) is 0 Å². The smallest absolute Gasteiger partial charge is 0.332 e. The predicted octanol–water partition coefficient (Wildman–Crippen LogP) is 5.26. The molecule has 3 heteroatoms. The van der Waals surface area contributed by atoms with Crippen molar-refractivity contribution in [1.29, 1.82) is 0 Å². The lowest BCUT2D eigenvalue weighted by Gasteiger charge is -2.15. The molecule has 0 aromatic heterocycles. The summed E-state index contributed by atoms with van der Waals surface area (Å²) in [7, 11) is 0. The van der Waals surface area contributed by atoms with E-state index in [1.807, 2.05) is 13.8 Å². The molecule has 0 spiro atoms. The second-order valence-electron chi connectivity index (χ2n) is 6.12. The van der Waals surface area contributed by atoms with E-state index in [9.17, 15) is 4.79 Å². The van der Waals surface area contributed by atoms with Crippen LogP contribution in [0, 0.1) is 0 Å². The maximum atomic E-state index is 11.7. The maximum Gasteiger partial charge on any atom is 0.332 e. The van der Waals surface area contributed by atoms with Gasteiger partial charge in [-0.2, -0.15) is 0 Å². The summed E-state index contributed by atoms with van der Waals surface area (Å²) in [6.45, 7) is 8.50. The van der Waals surface area contributed by atoms with Crippen LogP contribution in [0.3, 0.4) is 0 Å². The zero-order chi connectivity index (χ0) is 15.9. The van der Waals surface area contributed by atoms with Crippen LogP contribution in [0.2, 0.25) is 0 Å². The van der Waals surface area contributed by atoms with Crippen molar-refractivity contribution in [2.45, 2.75) is 104 Å². The van der Waals surface area contributed by atoms with E-state index in [1.54, 1.807) is 0 Å². The molecule has 0 aromatic carbocycles. The fourth-order valence-corrected chi connectivity index (χ4v) is 2.33. The van der Waals surface area contributed by atoms with Gasteiger partial charge < -0.3 is 9.47 Å². The number of rotatable bonds is 14. The van der Waals surface area contributed by atoms with E-state index in [0.717, 1.165) is 19.3 Å². The van der Waals surface area contributed by atoms with Crippen molar-refractivity contribution in [2.75, 3.05) is 6.61 Å². The Morgan fingerprint density at radius 3 is 1.86 bits per heavy atom. The monoisotopic (exact) mass is 300 g/mol. The summed E-state index contributed by atoms with van der Waals surface area (Å²) in [6.07, 6.45) is 12.0. The molecule has 0 rings (SSSR count). The second kappa shape index (κ2) is 14.4. The predicted molar refractivity (Wildman–Crippen MR) is 88.5 cm³/mol. The van der Waals surface area contributed by atoms with E-state index in [4.69, 9.17) is 9.47 Å². The van der Waals surface area contributed by atoms with Gasteiger partial charge in [-0.05, 0) is 33.1 Å². The molecule has 0 heterocycles. The van der Waals surface area contributed by atoms with Gasteiger partial charge in [0.2, 0.25) is 0 Å². The quantitative estimate of drug-likeness (QED) is 0.324. The molecule has 3 nitrogen and oxygen atoms in total. The molecule has 0 saturated carbocycles. The Morgan fingerprint density at radius 1 is 0.810 bits per heavy atom. The van der Waals surface area contributed by atoms with Crippen molar-refractivity contribution < 1.29 is 14.3 Å². The third-order valence-electron chi connectivity index (χ3n) is 3.75. The summed E-state index contributed by atoms with van der Waals surface area (Å²) in [5.74, 6) is -0.224. The molecule has 0 aliphatic heterocycles. The van der Waals surface area contributed by atoms with E-state index in [0.29, 0.717) is 0 Å². The lowest BCUT2D eigenvalue weighted by molar-refractivity contribution is -0.155. The van der Waals surface area contributed by atoms with E-state index in [1.165, 1.54) is 44.9 Å². The average Bonchev–Trinajstić information content (AvgIpc) is 2.46. The molecule has 0 aromatic rings. The molecule has 0 N–H and O–H groups in total. The minimum Gasteiger partial charge on any atom is -0.461 e. The fraction of sp³-hybridized carbons (Fsp3) is 0.944. The Balaban J connectivity index is 3.55. The van der Waals surface area contributed by atoms with Gasteiger partial charge in [0.1, 0.15) is 6.61 Å². The summed E-state index contributed by atoms with van der Waals surface area (Å²) >= 11 is 0. The third-order valence-corrected chi connectivity index (χ3v) is 3.75. The van der Waals surface area contributed by atoms with Crippen LogP contribution >= 0.6 is 0 Å². The van der Waals surface area contributed by atoms with Gasteiger partial charge in [-0.3, -0.25) is 0 Å². The number of esters is 1. The van der Waals surface area contributed by atoms with Gasteiger partial charge in [0.05, 0.1) is 12.2 Å². The normalized spacial score (nSPS) is 13.9. The molecule has 0 aliphatic carbocycles. The molecule has 126 valence electrons. The first-order chi connectivity index (χ1) is 10.1. The molecule has 2 atom stereocenters. The first kappa shape index (κ1) is 20.4. The second-order valence-corrected chi connectivity index (χ2v) is 6.12. The Kier molecular flexibility index (Phi) is 14.0. The van der Waals surface area contributed by atoms with Crippen LogP contribution in [-0.2, 0) is 14.3 Å². The average molecular weight is 300 g/mol. The van der Waals surface area contributed by atoms with Crippen LogP contribution in [-0.4, -0.2) is 24.8 Å². The number of carbonyl (C=O) groups excluding carboxylic acids is 1. The van der Waals surface area contributed by atoms with Crippen LogP contribution in [0.15, 0.2) is 0 Å². The Labute approximate surface area is 131 Å². The van der Waals surface area contributed by atoms with Crippen LogP contribution in [0.1, 0.15) is 91.9 Å². The van der Waals surface area contributed by atoms with Gasteiger partial charge in [-0.15, -0.1) is 0 Å². The number of hydrogen-bond donors (Lipinski definition) is 0. The van der Waals surface area contributed by atoms with Crippen molar-refractivity contribution >= 4 is 5.97 Å². The Bertz CT molecular complexity index is 241. The van der Waals surface area contributed by atoms with E-state index >= 15 is 0 Å². The molecule has 0 fully saturated rings.